The molecule has 0 atom stereocenters. The highest BCUT2D eigenvalue weighted by Crippen LogP contribution is 2.32. The summed E-state index contributed by atoms with van der Waals surface area (Å²) in [7, 11) is 0. The molecule has 1 aliphatic rings. The van der Waals surface area contributed by atoms with Gasteiger partial charge in [-0.15, -0.1) is 0 Å². The lowest BCUT2D eigenvalue weighted by molar-refractivity contribution is 0.483. The monoisotopic (exact) mass is 657 g/mol. The van der Waals surface area contributed by atoms with E-state index in [0.29, 0.717) is 5.84 Å². The van der Waals surface area contributed by atoms with Gasteiger partial charge in [0.25, 0.3) is 0 Å². The van der Waals surface area contributed by atoms with Crippen LogP contribution in [0, 0.1) is 0 Å². The molecule has 4 nitrogen and oxygen atoms in total. The summed E-state index contributed by atoms with van der Waals surface area (Å²) in [4.78, 5) is 15.3. The third-order valence-corrected chi connectivity index (χ3v) is 8.86. The van der Waals surface area contributed by atoms with Crippen molar-refractivity contribution in [2.45, 2.75) is 12.8 Å². The van der Waals surface area contributed by atoms with Gasteiger partial charge in [-0.3, -0.25) is 0 Å². The van der Waals surface area contributed by atoms with Crippen molar-refractivity contribution in [1.82, 2.24) is 4.98 Å². The first kappa shape index (κ1) is 31.6. The second kappa shape index (κ2) is 14.9. The van der Waals surface area contributed by atoms with E-state index in [0.717, 1.165) is 86.1 Å². The maximum Gasteiger partial charge on any atom is 0.160 e. The predicted molar refractivity (Wildman–Crippen MR) is 210 cm³/mol. The first-order chi connectivity index (χ1) is 25.2. The number of amidine groups is 1. The molecule has 0 unspecified atom stereocenters. The quantitative estimate of drug-likeness (QED) is 0.163. The molecular formula is C47H35N3O. The SMILES string of the molecule is C1=C(c2ccccc2)/N=C(c2ccc(Oc3ccc(-c4cc(-c5ccccc5)cc(-c5ccccc5)n4)cc3)cc2)\N=C(\c2ccccc2)CC\1. The Morgan fingerprint density at radius 3 is 1.43 bits per heavy atom. The number of benzene rings is 6. The standard InChI is InChI=1S/C47H35N3O/c1-5-14-34(15-6-1)40-32-45(37-20-11-4-12-21-37)48-46(33-40)38-24-28-41(29-25-38)51-42-30-26-39(27-31-42)47-49-43(35-16-7-2-8-17-35)22-13-23-44(50-47)36-18-9-3-10-19-36/h1-12,14-22,24-33H,13,23H2/b43-22-,49-47-,50-44+. The summed E-state index contributed by atoms with van der Waals surface area (Å²) in [5, 5.41) is 0. The van der Waals surface area contributed by atoms with Crippen LogP contribution >= 0.6 is 0 Å². The van der Waals surface area contributed by atoms with Crippen molar-refractivity contribution in [1.29, 1.82) is 0 Å². The third-order valence-electron chi connectivity index (χ3n) is 8.86. The smallest absolute Gasteiger partial charge is 0.160 e. The van der Waals surface area contributed by atoms with Crippen LogP contribution in [0.5, 0.6) is 11.5 Å². The number of ether oxygens (including phenoxy) is 1. The molecule has 0 fully saturated rings. The minimum absolute atomic E-state index is 0.680. The minimum atomic E-state index is 0.680. The Morgan fingerprint density at radius 2 is 0.863 bits per heavy atom. The van der Waals surface area contributed by atoms with Gasteiger partial charge >= 0.3 is 0 Å². The second-order valence-corrected chi connectivity index (χ2v) is 12.4. The van der Waals surface area contributed by atoms with E-state index in [1.807, 2.05) is 84.9 Å². The molecule has 0 spiro atoms. The Morgan fingerprint density at radius 1 is 0.392 bits per heavy atom. The van der Waals surface area contributed by atoms with Crippen LogP contribution < -0.4 is 4.74 Å². The van der Waals surface area contributed by atoms with E-state index in [4.69, 9.17) is 19.7 Å². The molecule has 0 saturated carbocycles. The van der Waals surface area contributed by atoms with Gasteiger partial charge in [0, 0.05) is 16.7 Å². The molecule has 2 heterocycles. The number of allylic oxidation sites excluding steroid dienone is 1. The van der Waals surface area contributed by atoms with Crippen LogP contribution in [0.4, 0.5) is 0 Å². The Balaban J connectivity index is 1.06. The molecule has 1 aromatic heterocycles. The number of hydrogen-bond acceptors (Lipinski definition) is 4. The minimum Gasteiger partial charge on any atom is -0.457 e. The third kappa shape index (κ3) is 7.51. The average molecular weight is 658 g/mol. The van der Waals surface area contributed by atoms with E-state index < -0.39 is 0 Å². The van der Waals surface area contributed by atoms with Gasteiger partial charge in [-0.2, -0.15) is 0 Å². The van der Waals surface area contributed by atoms with Crippen molar-refractivity contribution in [2.24, 2.45) is 9.98 Å². The van der Waals surface area contributed by atoms with Gasteiger partial charge in [0.1, 0.15) is 11.5 Å². The topological polar surface area (TPSA) is 46.8 Å². The van der Waals surface area contributed by atoms with Crippen LogP contribution in [-0.2, 0) is 0 Å². The van der Waals surface area contributed by atoms with Crippen molar-refractivity contribution in [3.8, 4) is 45.1 Å². The molecule has 0 N–H and O–H groups in total. The van der Waals surface area contributed by atoms with Crippen molar-refractivity contribution in [3.63, 3.8) is 0 Å². The maximum absolute atomic E-state index is 6.32. The van der Waals surface area contributed by atoms with E-state index in [2.05, 4.69) is 103 Å². The zero-order valence-electron chi connectivity index (χ0n) is 28.1. The number of aromatic nitrogens is 1. The van der Waals surface area contributed by atoms with Crippen LogP contribution in [0.2, 0.25) is 0 Å². The van der Waals surface area contributed by atoms with Gasteiger partial charge in [0.15, 0.2) is 5.84 Å². The van der Waals surface area contributed by atoms with E-state index >= 15 is 0 Å². The lowest BCUT2D eigenvalue weighted by Crippen LogP contribution is -2.09. The molecule has 0 amide bonds. The highest BCUT2D eigenvalue weighted by Gasteiger charge is 2.14. The van der Waals surface area contributed by atoms with Crippen LogP contribution in [0.25, 0.3) is 39.3 Å². The Kier molecular flexibility index (Phi) is 9.21. The number of rotatable bonds is 8. The summed E-state index contributed by atoms with van der Waals surface area (Å²) >= 11 is 0. The molecule has 1 aliphatic heterocycles. The highest BCUT2D eigenvalue weighted by atomic mass is 16.5. The second-order valence-electron chi connectivity index (χ2n) is 12.4. The van der Waals surface area contributed by atoms with Crippen LogP contribution in [0.15, 0.2) is 198 Å². The van der Waals surface area contributed by atoms with Crippen molar-refractivity contribution in [2.75, 3.05) is 0 Å². The molecule has 6 aromatic carbocycles. The van der Waals surface area contributed by atoms with Gasteiger partial charge in [-0.1, -0.05) is 127 Å². The van der Waals surface area contributed by atoms with Crippen LogP contribution in [0.1, 0.15) is 29.5 Å². The van der Waals surface area contributed by atoms with Gasteiger partial charge in [0.2, 0.25) is 0 Å². The number of nitrogens with zero attached hydrogens (tertiary/aromatic N) is 3. The summed E-state index contributed by atoms with van der Waals surface area (Å²) in [6.07, 6.45) is 3.91. The fraction of sp³-hybridized carbons (Fsp3) is 0.0426. The average Bonchev–Trinajstić information content (AvgIpc) is 3.20. The Bertz CT molecular complexity index is 2270. The highest BCUT2D eigenvalue weighted by molar-refractivity contribution is 6.14. The molecule has 4 heteroatoms. The fourth-order valence-electron chi connectivity index (χ4n) is 6.21. The molecule has 0 aliphatic carbocycles. The summed E-state index contributed by atoms with van der Waals surface area (Å²) in [5.74, 6) is 2.16. The summed E-state index contributed by atoms with van der Waals surface area (Å²) in [5.41, 5.74) is 11.3. The molecule has 51 heavy (non-hydrogen) atoms. The van der Waals surface area contributed by atoms with E-state index in [1.165, 1.54) is 0 Å². The lowest BCUT2D eigenvalue weighted by atomic mass is 10.00. The van der Waals surface area contributed by atoms with E-state index in [1.54, 1.807) is 0 Å². The van der Waals surface area contributed by atoms with Crippen LogP contribution in [0.3, 0.4) is 0 Å². The molecule has 244 valence electrons. The number of aliphatic imine (C=N–C) groups is 2. The van der Waals surface area contributed by atoms with Crippen LogP contribution in [-0.4, -0.2) is 16.5 Å². The van der Waals surface area contributed by atoms with Gasteiger partial charge < -0.3 is 4.74 Å². The lowest BCUT2D eigenvalue weighted by Gasteiger charge is -2.14. The molecular weight excluding hydrogens is 623 g/mol. The normalized spacial score (nSPS) is 16.0. The fourth-order valence-corrected chi connectivity index (χ4v) is 6.21. The van der Waals surface area contributed by atoms with Crippen molar-refractivity contribution >= 4 is 17.2 Å². The van der Waals surface area contributed by atoms with E-state index in [9.17, 15) is 0 Å². The molecule has 0 bridgehead atoms. The van der Waals surface area contributed by atoms with Gasteiger partial charge in [-0.05, 0) is 95.8 Å². The molecule has 0 saturated heterocycles. The number of pyridine rings is 1. The first-order valence-electron chi connectivity index (χ1n) is 17.2. The zero-order chi connectivity index (χ0) is 34.2. The summed E-state index contributed by atoms with van der Waals surface area (Å²) < 4.78 is 6.32. The van der Waals surface area contributed by atoms with Crippen molar-refractivity contribution < 1.29 is 4.74 Å². The summed E-state index contributed by atoms with van der Waals surface area (Å²) in [6.45, 7) is 0. The Hall–Kier alpha value is -6.65. The number of hydrogen-bond donors (Lipinski definition) is 0. The zero-order valence-corrected chi connectivity index (χ0v) is 28.1. The largest absolute Gasteiger partial charge is 0.457 e. The predicted octanol–water partition coefficient (Wildman–Crippen LogP) is 11.9. The molecule has 0 radical (unpaired) electrons. The van der Waals surface area contributed by atoms with E-state index in [-0.39, 0.29) is 0 Å². The maximum atomic E-state index is 6.32. The van der Waals surface area contributed by atoms with Gasteiger partial charge in [0.05, 0.1) is 22.8 Å². The Labute approximate surface area is 298 Å². The van der Waals surface area contributed by atoms with Crippen molar-refractivity contribution in [3.05, 3.63) is 205 Å². The molecule has 7 aromatic rings. The van der Waals surface area contributed by atoms with Gasteiger partial charge in [-0.25, -0.2) is 15.0 Å². The first-order valence-corrected chi connectivity index (χ1v) is 17.2. The summed E-state index contributed by atoms with van der Waals surface area (Å²) in [6, 6.07) is 61.9. The molecule has 8 rings (SSSR count).